The maximum absolute atomic E-state index is 7.57. The molecular weight excluding hydrogens is 136 g/mol. The fraction of sp³-hybridized carbons (Fsp3) is 1.00. The third-order valence-electron chi connectivity index (χ3n) is 0. The van der Waals surface area contributed by atoms with Gasteiger partial charge in [-0.1, -0.05) is 0 Å². The smallest absolute Gasteiger partial charge is 0.0402 e. The SMILES string of the molecule is CCO.CCO.CCO.O. The summed E-state index contributed by atoms with van der Waals surface area (Å²) < 4.78 is 0. The Kier molecular flexibility index (Phi) is 152. The van der Waals surface area contributed by atoms with E-state index in [2.05, 4.69) is 0 Å². The molecule has 4 nitrogen and oxygen atoms in total. The second-order valence-corrected chi connectivity index (χ2v) is 0.949. The van der Waals surface area contributed by atoms with Gasteiger partial charge in [0, 0.05) is 19.8 Å². The van der Waals surface area contributed by atoms with Gasteiger partial charge >= 0.3 is 0 Å². The average Bonchev–Trinajstić information content (AvgIpc) is 1.70. The first-order valence-electron chi connectivity index (χ1n) is 3.07. The lowest BCUT2D eigenvalue weighted by Gasteiger charge is -1.52. The topological polar surface area (TPSA) is 92.2 Å². The number of hydrogen-bond donors (Lipinski definition) is 3. The van der Waals surface area contributed by atoms with Crippen molar-refractivity contribution in [3.05, 3.63) is 0 Å². The van der Waals surface area contributed by atoms with Gasteiger partial charge in [-0.15, -0.1) is 0 Å². The molecule has 0 aliphatic heterocycles. The predicted molar refractivity (Wildman–Crippen MR) is 41.9 cm³/mol. The van der Waals surface area contributed by atoms with Crippen molar-refractivity contribution in [1.29, 1.82) is 0 Å². The Morgan fingerprint density at radius 2 is 0.700 bits per heavy atom. The number of aliphatic hydroxyl groups is 3. The van der Waals surface area contributed by atoms with Crippen molar-refractivity contribution in [3.63, 3.8) is 0 Å². The molecule has 0 spiro atoms. The Hall–Kier alpha value is -0.160. The summed E-state index contributed by atoms with van der Waals surface area (Å²) >= 11 is 0. The average molecular weight is 156 g/mol. The fourth-order valence-electron chi connectivity index (χ4n) is 0. The van der Waals surface area contributed by atoms with Gasteiger partial charge in [0.2, 0.25) is 0 Å². The summed E-state index contributed by atoms with van der Waals surface area (Å²) in [5, 5.41) is 22.7. The van der Waals surface area contributed by atoms with Crippen molar-refractivity contribution in [1.82, 2.24) is 0 Å². The highest BCUT2D eigenvalue weighted by atomic mass is 16.3. The first kappa shape index (κ1) is 22.5. The van der Waals surface area contributed by atoms with Gasteiger partial charge in [0.1, 0.15) is 0 Å². The van der Waals surface area contributed by atoms with E-state index < -0.39 is 0 Å². The molecule has 0 unspecified atom stereocenters. The van der Waals surface area contributed by atoms with Gasteiger partial charge in [0.25, 0.3) is 0 Å². The van der Waals surface area contributed by atoms with Crippen LogP contribution >= 0.6 is 0 Å². The van der Waals surface area contributed by atoms with E-state index in [0.29, 0.717) is 0 Å². The highest BCUT2D eigenvalue weighted by Gasteiger charge is 1.35. The Morgan fingerprint density at radius 1 is 0.700 bits per heavy atom. The van der Waals surface area contributed by atoms with Crippen LogP contribution in [-0.2, 0) is 0 Å². The molecule has 68 valence electrons. The lowest BCUT2D eigenvalue weighted by Crippen LogP contribution is -1.57. The van der Waals surface area contributed by atoms with Crippen molar-refractivity contribution >= 4 is 0 Å². The molecular formula is C6H20O4. The quantitative estimate of drug-likeness (QED) is 0.427. The van der Waals surface area contributed by atoms with Crippen LogP contribution in [0.2, 0.25) is 0 Å². The summed E-state index contributed by atoms with van der Waals surface area (Å²) in [6.07, 6.45) is 0. The van der Waals surface area contributed by atoms with Crippen molar-refractivity contribution in [2.45, 2.75) is 20.8 Å². The number of aliphatic hydroxyl groups excluding tert-OH is 3. The Balaban J connectivity index is -0.0000000257. The first-order valence-corrected chi connectivity index (χ1v) is 3.07. The lowest BCUT2D eigenvalue weighted by atomic mass is 10.9. The third kappa shape index (κ3) is 14300. The van der Waals surface area contributed by atoms with E-state index in [0.717, 1.165) is 0 Å². The zero-order valence-corrected chi connectivity index (χ0v) is 6.96. The second kappa shape index (κ2) is 67.4. The maximum Gasteiger partial charge on any atom is 0.0402 e. The van der Waals surface area contributed by atoms with E-state index in [-0.39, 0.29) is 25.3 Å². The number of rotatable bonds is 0. The van der Waals surface area contributed by atoms with E-state index in [9.17, 15) is 0 Å². The summed E-state index contributed by atoms with van der Waals surface area (Å²) in [6.45, 7) is 5.79. The summed E-state index contributed by atoms with van der Waals surface area (Å²) in [7, 11) is 0. The highest BCUT2D eigenvalue weighted by molar-refractivity contribution is 3.84. The molecule has 0 fully saturated rings. The van der Waals surface area contributed by atoms with Crippen LogP contribution in [0.3, 0.4) is 0 Å². The van der Waals surface area contributed by atoms with E-state index >= 15 is 0 Å². The van der Waals surface area contributed by atoms with E-state index in [1.54, 1.807) is 20.8 Å². The van der Waals surface area contributed by atoms with Crippen LogP contribution in [0.25, 0.3) is 0 Å². The number of hydrogen-bond acceptors (Lipinski definition) is 3. The van der Waals surface area contributed by atoms with Crippen LogP contribution in [-0.4, -0.2) is 40.6 Å². The van der Waals surface area contributed by atoms with E-state index in [1.807, 2.05) is 0 Å². The van der Waals surface area contributed by atoms with Crippen LogP contribution in [0.5, 0.6) is 0 Å². The Bertz CT molecular complexity index is 14.5. The summed E-state index contributed by atoms with van der Waals surface area (Å²) in [4.78, 5) is 0. The van der Waals surface area contributed by atoms with Crippen LogP contribution < -0.4 is 0 Å². The largest absolute Gasteiger partial charge is 0.412 e. The molecule has 0 aromatic rings. The van der Waals surface area contributed by atoms with Gasteiger partial charge in [-0.05, 0) is 20.8 Å². The maximum atomic E-state index is 7.57. The molecule has 0 saturated carbocycles. The van der Waals surface area contributed by atoms with Crippen LogP contribution in [0, 0.1) is 0 Å². The minimum absolute atomic E-state index is 0. The molecule has 0 amide bonds. The normalized spacial score (nSPS) is 5.40. The van der Waals surface area contributed by atoms with Crippen LogP contribution in [0.1, 0.15) is 20.8 Å². The summed E-state index contributed by atoms with van der Waals surface area (Å²) in [5.74, 6) is 0. The molecule has 0 atom stereocenters. The molecule has 0 aromatic heterocycles. The van der Waals surface area contributed by atoms with E-state index in [4.69, 9.17) is 15.3 Å². The molecule has 10 heavy (non-hydrogen) atoms. The molecule has 5 N–H and O–H groups in total. The zero-order valence-electron chi connectivity index (χ0n) is 6.96. The highest BCUT2D eigenvalue weighted by Crippen LogP contribution is 1.30. The van der Waals surface area contributed by atoms with Gasteiger partial charge in [-0.3, -0.25) is 0 Å². The minimum Gasteiger partial charge on any atom is -0.412 e. The Morgan fingerprint density at radius 3 is 0.700 bits per heavy atom. The van der Waals surface area contributed by atoms with Gasteiger partial charge < -0.3 is 20.8 Å². The predicted octanol–water partition coefficient (Wildman–Crippen LogP) is -0.829. The van der Waals surface area contributed by atoms with Crippen molar-refractivity contribution in [3.8, 4) is 0 Å². The second-order valence-electron chi connectivity index (χ2n) is 0.949. The van der Waals surface area contributed by atoms with Gasteiger partial charge in [0.05, 0.1) is 0 Å². The van der Waals surface area contributed by atoms with Gasteiger partial charge in [0.15, 0.2) is 0 Å². The van der Waals surface area contributed by atoms with Crippen LogP contribution in [0.15, 0.2) is 0 Å². The third-order valence-corrected chi connectivity index (χ3v) is 0. The molecule has 0 aliphatic carbocycles. The molecule has 0 aliphatic rings. The fourth-order valence-corrected chi connectivity index (χ4v) is 0. The van der Waals surface area contributed by atoms with Gasteiger partial charge in [-0.25, -0.2) is 0 Å². The molecule has 0 radical (unpaired) electrons. The Labute approximate surface area is 62.4 Å². The summed E-state index contributed by atoms with van der Waals surface area (Å²) in [6, 6.07) is 0. The van der Waals surface area contributed by atoms with Crippen molar-refractivity contribution < 1.29 is 20.8 Å². The molecule has 0 aromatic carbocycles. The van der Waals surface area contributed by atoms with Crippen LogP contribution in [0.4, 0.5) is 0 Å². The molecule has 0 rings (SSSR count). The lowest BCUT2D eigenvalue weighted by molar-refractivity contribution is 0.318. The molecule has 0 bridgehead atoms. The monoisotopic (exact) mass is 156 g/mol. The van der Waals surface area contributed by atoms with Crippen molar-refractivity contribution in [2.24, 2.45) is 0 Å². The standard InChI is InChI=1S/3C2H6O.H2O/c3*1-2-3;/h3*3H,2H2,1H3;1H2. The zero-order chi connectivity index (χ0) is 8.12. The minimum atomic E-state index is 0. The molecule has 4 heteroatoms. The first-order chi connectivity index (χ1) is 4.24. The van der Waals surface area contributed by atoms with E-state index in [1.165, 1.54) is 0 Å². The molecule has 0 heterocycles. The van der Waals surface area contributed by atoms with Gasteiger partial charge in [-0.2, -0.15) is 0 Å². The molecule has 0 saturated heterocycles. The van der Waals surface area contributed by atoms with Crippen molar-refractivity contribution in [2.75, 3.05) is 19.8 Å². The summed E-state index contributed by atoms with van der Waals surface area (Å²) in [5.41, 5.74) is 0.